The molecule has 0 N–H and O–H groups in total. The van der Waals surface area contributed by atoms with Crippen molar-refractivity contribution in [2.45, 2.75) is 13.0 Å². The smallest absolute Gasteiger partial charge is 0.302 e. The van der Waals surface area contributed by atoms with Crippen LogP contribution >= 0.6 is 0 Å². The van der Waals surface area contributed by atoms with Crippen LogP contribution in [0, 0.1) is 0 Å². The molecule has 4 nitrogen and oxygen atoms in total. The second-order valence-electron chi connectivity index (χ2n) is 1.93. The van der Waals surface area contributed by atoms with Crippen molar-refractivity contribution in [3.05, 3.63) is 0 Å². The van der Waals surface area contributed by atoms with Gasteiger partial charge in [-0.15, -0.1) is 0 Å². The molecule has 0 bridgehead atoms. The van der Waals surface area contributed by atoms with Gasteiger partial charge >= 0.3 is 9.28 Å². The molecule has 0 aliphatic carbocycles. The van der Waals surface area contributed by atoms with Crippen molar-refractivity contribution in [2.24, 2.45) is 0 Å². The summed E-state index contributed by atoms with van der Waals surface area (Å²) in [6.45, 7) is 2.10. The average Bonchev–Trinajstić information content (AvgIpc) is 1.87. The maximum atomic E-state index is 5.45. The van der Waals surface area contributed by atoms with Gasteiger partial charge in [-0.05, 0) is 6.04 Å². The van der Waals surface area contributed by atoms with E-state index in [9.17, 15) is 0 Å². The van der Waals surface area contributed by atoms with E-state index in [1.807, 2.05) is 0 Å². The molecule has 0 saturated carbocycles. The van der Waals surface area contributed by atoms with Crippen molar-refractivity contribution in [1.82, 2.24) is 0 Å². The van der Waals surface area contributed by atoms with Gasteiger partial charge in [0.2, 0.25) is 0 Å². The Morgan fingerprint density at radius 1 is 1.10 bits per heavy atom. The molecule has 1 fully saturated rings. The first-order valence-electron chi connectivity index (χ1n) is 3.32. The molecule has 8 heteroatoms. The maximum Gasteiger partial charge on any atom is 0.302 e. The van der Waals surface area contributed by atoms with Crippen LogP contribution in [0.1, 0.15) is 6.92 Å². The molecule has 1 aliphatic heterocycles. The lowest BCUT2D eigenvalue weighted by Gasteiger charge is -2.18. The van der Waals surface area contributed by atoms with Gasteiger partial charge in [0.1, 0.15) is 0 Å². The van der Waals surface area contributed by atoms with Crippen molar-refractivity contribution in [3.63, 3.8) is 0 Å². The van der Waals surface area contributed by atoms with E-state index >= 15 is 0 Å². The Labute approximate surface area is 69.2 Å². The lowest BCUT2D eigenvalue weighted by molar-refractivity contribution is 0.329. The minimum atomic E-state index is -1.28. The highest BCUT2D eigenvalue weighted by Crippen LogP contribution is 1.96. The monoisotopic (exact) mass is 212 g/mol. The SMILES string of the molecule is CC[SiH]1O[SiH2]O[SiH2]O[SiH2]O1. The zero-order valence-corrected chi connectivity index (χ0v) is 11.4. The Kier molecular flexibility index (Phi) is 4.73. The van der Waals surface area contributed by atoms with Crippen LogP contribution < -0.4 is 0 Å². The molecule has 0 radical (unpaired) electrons. The second kappa shape index (κ2) is 5.37. The van der Waals surface area contributed by atoms with E-state index in [4.69, 9.17) is 16.5 Å². The fourth-order valence-electron chi connectivity index (χ4n) is 0.659. The molecule has 0 spiro atoms. The lowest BCUT2D eigenvalue weighted by Crippen LogP contribution is -2.32. The molecular formula is C2H12O4Si4. The third-order valence-corrected chi connectivity index (χ3v) is 8.57. The van der Waals surface area contributed by atoms with Crippen molar-refractivity contribution in [3.8, 4) is 0 Å². The van der Waals surface area contributed by atoms with Crippen LogP contribution in [0.4, 0.5) is 0 Å². The predicted molar refractivity (Wildman–Crippen MR) is 47.6 cm³/mol. The molecule has 1 rings (SSSR count). The van der Waals surface area contributed by atoms with E-state index in [1.165, 1.54) is 0 Å². The van der Waals surface area contributed by atoms with Crippen molar-refractivity contribution < 1.29 is 16.5 Å². The minimum Gasteiger partial charge on any atom is -0.425 e. The molecule has 0 atom stereocenters. The van der Waals surface area contributed by atoms with Gasteiger partial charge in [0.25, 0.3) is 30.0 Å². The standard InChI is InChI=1S/C2H12O4Si4/c1-2-10-5-8-3-7-4-9-6-10/h10H,2,7-9H2,1H3. The van der Waals surface area contributed by atoms with Crippen LogP contribution in [0.25, 0.3) is 0 Å². The van der Waals surface area contributed by atoms with Crippen molar-refractivity contribution in [1.29, 1.82) is 0 Å². The van der Waals surface area contributed by atoms with Crippen LogP contribution in [0.3, 0.4) is 0 Å². The Morgan fingerprint density at radius 3 is 2.20 bits per heavy atom. The minimum absolute atomic E-state index is 0.683. The summed E-state index contributed by atoms with van der Waals surface area (Å²) in [6.07, 6.45) is 0. The van der Waals surface area contributed by atoms with Gasteiger partial charge < -0.3 is 16.5 Å². The maximum absolute atomic E-state index is 5.45. The first-order chi connectivity index (χ1) is 4.93. The van der Waals surface area contributed by atoms with E-state index in [0.717, 1.165) is 6.04 Å². The van der Waals surface area contributed by atoms with Gasteiger partial charge in [-0.1, -0.05) is 6.92 Å². The van der Waals surface area contributed by atoms with Crippen LogP contribution in [0.2, 0.25) is 6.04 Å². The second-order valence-corrected chi connectivity index (χ2v) is 10.2. The topological polar surface area (TPSA) is 36.9 Å². The summed E-state index contributed by atoms with van der Waals surface area (Å²) in [6, 6.07) is 1.04. The van der Waals surface area contributed by atoms with Crippen molar-refractivity contribution in [2.75, 3.05) is 0 Å². The van der Waals surface area contributed by atoms with Crippen LogP contribution in [-0.2, 0) is 16.5 Å². The summed E-state index contributed by atoms with van der Waals surface area (Å²) < 4.78 is 21.4. The summed E-state index contributed by atoms with van der Waals surface area (Å²) in [7, 11) is -3.39. The van der Waals surface area contributed by atoms with E-state index in [0.29, 0.717) is 0 Å². The fraction of sp³-hybridized carbons (Fsp3) is 1.00. The first-order valence-corrected chi connectivity index (χ1v) is 8.54. The number of rotatable bonds is 1. The Bertz CT molecular complexity index is 83.3. The van der Waals surface area contributed by atoms with E-state index in [1.54, 1.807) is 0 Å². The summed E-state index contributed by atoms with van der Waals surface area (Å²) in [5, 5.41) is 0. The fourth-order valence-corrected chi connectivity index (χ4v) is 9.59. The predicted octanol–water partition coefficient (Wildman–Crippen LogP) is -2.70. The first kappa shape index (κ1) is 8.80. The van der Waals surface area contributed by atoms with Gasteiger partial charge in [-0.3, -0.25) is 0 Å². The van der Waals surface area contributed by atoms with Crippen molar-refractivity contribution >= 4 is 39.3 Å². The number of hydrogen-bond acceptors (Lipinski definition) is 4. The Morgan fingerprint density at radius 2 is 1.70 bits per heavy atom. The molecule has 0 amide bonds. The molecule has 1 saturated heterocycles. The van der Waals surface area contributed by atoms with Crippen LogP contribution in [-0.4, -0.2) is 39.3 Å². The molecule has 0 aromatic carbocycles. The highest BCUT2D eigenvalue weighted by atomic mass is 28.4. The van der Waals surface area contributed by atoms with E-state index < -0.39 is 39.3 Å². The van der Waals surface area contributed by atoms with Gasteiger partial charge in [0, 0.05) is 0 Å². The van der Waals surface area contributed by atoms with Gasteiger partial charge in [0.15, 0.2) is 0 Å². The average molecular weight is 212 g/mol. The third-order valence-electron chi connectivity index (χ3n) is 1.17. The van der Waals surface area contributed by atoms with Gasteiger partial charge in [-0.25, -0.2) is 0 Å². The summed E-state index contributed by atoms with van der Waals surface area (Å²) in [5.41, 5.74) is 0. The molecule has 0 unspecified atom stereocenters. The van der Waals surface area contributed by atoms with Gasteiger partial charge in [-0.2, -0.15) is 0 Å². The Balaban J connectivity index is 2.16. The summed E-state index contributed by atoms with van der Waals surface area (Å²) in [4.78, 5) is 0. The largest absolute Gasteiger partial charge is 0.425 e. The third kappa shape index (κ3) is 3.20. The molecule has 60 valence electrons. The quantitative estimate of drug-likeness (QED) is 0.444. The molecule has 1 aliphatic rings. The highest BCUT2D eigenvalue weighted by molar-refractivity contribution is 6.59. The van der Waals surface area contributed by atoms with E-state index in [-0.39, 0.29) is 0 Å². The summed E-state index contributed by atoms with van der Waals surface area (Å²) in [5.74, 6) is 0. The molecule has 1 heterocycles. The zero-order valence-electron chi connectivity index (χ0n) is 6.04. The van der Waals surface area contributed by atoms with Gasteiger partial charge in [0.05, 0.1) is 0 Å². The summed E-state index contributed by atoms with van der Waals surface area (Å²) >= 11 is 0. The zero-order chi connectivity index (χ0) is 7.23. The number of hydrogen-bond donors (Lipinski definition) is 0. The lowest BCUT2D eigenvalue weighted by atomic mass is 11.0. The van der Waals surface area contributed by atoms with Crippen LogP contribution in [0.15, 0.2) is 0 Å². The normalized spacial score (nSPS) is 36.3. The van der Waals surface area contributed by atoms with E-state index in [2.05, 4.69) is 6.92 Å². The van der Waals surface area contributed by atoms with Crippen LogP contribution in [0.5, 0.6) is 0 Å². The molecule has 0 aromatic heterocycles. The highest BCUT2D eigenvalue weighted by Gasteiger charge is 2.12. The molecule has 10 heavy (non-hydrogen) atoms. The molecular weight excluding hydrogens is 200 g/mol. The molecule has 0 aromatic rings. The Hall–Kier alpha value is 0.708.